The zero-order valence-corrected chi connectivity index (χ0v) is 9.79. The first kappa shape index (κ1) is 12.7. The van der Waals surface area contributed by atoms with Crippen molar-refractivity contribution in [1.82, 2.24) is 9.97 Å². The summed E-state index contributed by atoms with van der Waals surface area (Å²) in [5.74, 6) is 0.354. The van der Waals surface area contributed by atoms with Gasteiger partial charge in [-0.2, -0.15) is 13.2 Å². The predicted octanol–water partition coefficient (Wildman–Crippen LogP) is 3.23. The Morgan fingerprint density at radius 1 is 1.06 bits per heavy atom. The molecule has 0 unspecified atom stereocenters. The number of pyridine rings is 2. The summed E-state index contributed by atoms with van der Waals surface area (Å²) >= 11 is 1.15. The van der Waals surface area contributed by atoms with E-state index < -0.39 is 11.7 Å². The molecule has 0 fully saturated rings. The topological polar surface area (TPSA) is 51.8 Å². The first-order valence-electron chi connectivity index (χ1n) is 4.89. The minimum absolute atomic E-state index is 0.354. The highest BCUT2D eigenvalue weighted by Crippen LogP contribution is 2.31. The van der Waals surface area contributed by atoms with Crippen LogP contribution in [-0.4, -0.2) is 9.97 Å². The summed E-state index contributed by atoms with van der Waals surface area (Å²) in [6.45, 7) is 0. The molecule has 94 valence electrons. The van der Waals surface area contributed by atoms with Crippen molar-refractivity contribution in [1.29, 1.82) is 0 Å². The lowest BCUT2D eigenvalue weighted by Gasteiger charge is -2.06. The fourth-order valence-electron chi connectivity index (χ4n) is 1.20. The summed E-state index contributed by atoms with van der Waals surface area (Å²) in [4.78, 5) is 7.75. The van der Waals surface area contributed by atoms with Crippen LogP contribution in [0, 0.1) is 0 Å². The molecule has 0 aromatic carbocycles. The average Bonchev–Trinajstić information content (AvgIpc) is 2.28. The van der Waals surface area contributed by atoms with E-state index >= 15 is 0 Å². The molecule has 0 aliphatic carbocycles. The van der Waals surface area contributed by atoms with Gasteiger partial charge in [0, 0.05) is 6.20 Å². The number of hydrogen-bond donors (Lipinski definition) is 1. The van der Waals surface area contributed by atoms with E-state index in [4.69, 9.17) is 5.73 Å². The largest absolute Gasteiger partial charge is 0.417 e. The molecule has 2 rings (SSSR count). The second-order valence-electron chi connectivity index (χ2n) is 3.39. The number of alkyl halides is 3. The molecule has 3 nitrogen and oxygen atoms in total. The quantitative estimate of drug-likeness (QED) is 0.911. The smallest absolute Gasteiger partial charge is 0.384 e. The van der Waals surface area contributed by atoms with Gasteiger partial charge in [0.2, 0.25) is 0 Å². The molecule has 2 heterocycles. The van der Waals surface area contributed by atoms with E-state index in [2.05, 4.69) is 9.97 Å². The van der Waals surface area contributed by atoms with Gasteiger partial charge in [0.15, 0.2) is 0 Å². The standard InChI is InChI=1S/C11H8F3N3S/c12-11(13,14)7-4-5-9(16-6-7)18-10-3-1-2-8(15)17-10/h1-6H,(H2,15,17). The van der Waals surface area contributed by atoms with Crippen molar-refractivity contribution >= 4 is 17.6 Å². The monoisotopic (exact) mass is 271 g/mol. The van der Waals surface area contributed by atoms with E-state index in [1.165, 1.54) is 6.07 Å². The molecule has 0 aliphatic heterocycles. The zero-order valence-electron chi connectivity index (χ0n) is 8.98. The number of hydrogen-bond acceptors (Lipinski definition) is 4. The lowest BCUT2D eigenvalue weighted by atomic mass is 10.3. The summed E-state index contributed by atoms with van der Waals surface area (Å²) in [6.07, 6.45) is -3.57. The predicted molar refractivity (Wildman–Crippen MR) is 62.0 cm³/mol. The first-order valence-corrected chi connectivity index (χ1v) is 5.70. The Labute approximate surface area is 105 Å². The van der Waals surface area contributed by atoms with Crippen molar-refractivity contribution in [2.45, 2.75) is 16.2 Å². The van der Waals surface area contributed by atoms with Crippen LogP contribution in [0.25, 0.3) is 0 Å². The molecule has 0 saturated carbocycles. The highest BCUT2D eigenvalue weighted by molar-refractivity contribution is 7.99. The van der Waals surface area contributed by atoms with E-state index in [1.807, 2.05) is 0 Å². The number of nitrogens with two attached hydrogens (primary N) is 1. The molecular formula is C11H8F3N3S. The van der Waals surface area contributed by atoms with Gasteiger partial charge >= 0.3 is 6.18 Å². The maximum absolute atomic E-state index is 12.3. The number of nitrogen functional groups attached to an aromatic ring is 1. The van der Waals surface area contributed by atoms with Gasteiger partial charge in [-0.3, -0.25) is 0 Å². The summed E-state index contributed by atoms with van der Waals surface area (Å²) < 4.78 is 37.0. The number of anilines is 1. The van der Waals surface area contributed by atoms with Gasteiger partial charge in [-0.25, -0.2) is 9.97 Å². The molecule has 0 atom stereocenters. The van der Waals surface area contributed by atoms with Crippen LogP contribution in [0.1, 0.15) is 5.56 Å². The Morgan fingerprint density at radius 3 is 2.39 bits per heavy atom. The van der Waals surface area contributed by atoms with Crippen LogP contribution in [0.3, 0.4) is 0 Å². The van der Waals surface area contributed by atoms with Crippen molar-refractivity contribution < 1.29 is 13.2 Å². The van der Waals surface area contributed by atoms with Crippen LogP contribution in [-0.2, 0) is 6.18 Å². The molecule has 18 heavy (non-hydrogen) atoms. The molecule has 0 radical (unpaired) electrons. The van der Waals surface area contributed by atoms with Gasteiger partial charge in [-0.1, -0.05) is 17.8 Å². The van der Waals surface area contributed by atoms with Gasteiger partial charge in [0.05, 0.1) is 5.56 Å². The third-order valence-corrected chi connectivity index (χ3v) is 2.91. The molecule has 0 aliphatic rings. The molecule has 7 heteroatoms. The second-order valence-corrected chi connectivity index (χ2v) is 4.43. The fraction of sp³-hybridized carbons (Fsp3) is 0.0909. The van der Waals surface area contributed by atoms with Crippen molar-refractivity contribution in [2.24, 2.45) is 0 Å². The highest BCUT2D eigenvalue weighted by Gasteiger charge is 2.30. The Kier molecular flexibility index (Phi) is 3.42. The van der Waals surface area contributed by atoms with Gasteiger partial charge in [0.1, 0.15) is 15.9 Å². The van der Waals surface area contributed by atoms with E-state index in [-0.39, 0.29) is 0 Å². The maximum Gasteiger partial charge on any atom is 0.417 e. The average molecular weight is 271 g/mol. The molecule has 2 N–H and O–H groups in total. The molecule has 0 amide bonds. The molecular weight excluding hydrogens is 263 g/mol. The third-order valence-electron chi connectivity index (χ3n) is 2.02. The Bertz CT molecular complexity index is 540. The van der Waals surface area contributed by atoms with Gasteiger partial charge in [-0.05, 0) is 24.3 Å². The molecule has 0 spiro atoms. The van der Waals surface area contributed by atoms with Crippen molar-refractivity contribution in [2.75, 3.05) is 5.73 Å². The summed E-state index contributed by atoms with van der Waals surface area (Å²) in [6, 6.07) is 7.35. The second kappa shape index (κ2) is 4.85. The Hall–Kier alpha value is -1.76. The van der Waals surface area contributed by atoms with Gasteiger partial charge < -0.3 is 5.73 Å². The number of halogens is 3. The lowest BCUT2D eigenvalue weighted by Crippen LogP contribution is -2.05. The molecule has 0 saturated heterocycles. The molecule has 2 aromatic rings. The Balaban J connectivity index is 2.16. The summed E-state index contributed by atoms with van der Waals surface area (Å²) in [5.41, 5.74) is 4.73. The Morgan fingerprint density at radius 2 is 1.83 bits per heavy atom. The third kappa shape index (κ3) is 3.13. The van der Waals surface area contributed by atoms with E-state index in [0.29, 0.717) is 15.9 Å². The fourth-order valence-corrected chi connectivity index (χ4v) is 1.96. The maximum atomic E-state index is 12.3. The zero-order chi connectivity index (χ0) is 13.2. The lowest BCUT2D eigenvalue weighted by molar-refractivity contribution is -0.137. The van der Waals surface area contributed by atoms with E-state index in [0.717, 1.165) is 24.0 Å². The van der Waals surface area contributed by atoms with Crippen molar-refractivity contribution in [3.05, 3.63) is 42.1 Å². The summed E-state index contributed by atoms with van der Waals surface area (Å²) in [5, 5.41) is 1.02. The normalized spacial score (nSPS) is 11.5. The van der Waals surface area contributed by atoms with Crippen LogP contribution in [0.2, 0.25) is 0 Å². The number of aromatic nitrogens is 2. The van der Waals surface area contributed by atoms with Gasteiger partial charge in [-0.15, -0.1) is 0 Å². The number of nitrogens with zero attached hydrogens (tertiary/aromatic N) is 2. The van der Waals surface area contributed by atoms with Gasteiger partial charge in [0.25, 0.3) is 0 Å². The van der Waals surface area contributed by atoms with Crippen LogP contribution in [0.4, 0.5) is 19.0 Å². The summed E-state index contributed by atoms with van der Waals surface area (Å²) in [7, 11) is 0. The van der Waals surface area contributed by atoms with Crippen LogP contribution < -0.4 is 5.73 Å². The molecule has 0 bridgehead atoms. The minimum Gasteiger partial charge on any atom is -0.384 e. The van der Waals surface area contributed by atoms with Crippen LogP contribution in [0.15, 0.2) is 46.6 Å². The van der Waals surface area contributed by atoms with E-state index in [1.54, 1.807) is 18.2 Å². The first-order chi connectivity index (χ1) is 8.45. The van der Waals surface area contributed by atoms with E-state index in [9.17, 15) is 13.2 Å². The number of rotatable bonds is 2. The minimum atomic E-state index is -4.37. The van der Waals surface area contributed by atoms with Crippen molar-refractivity contribution in [3.63, 3.8) is 0 Å². The highest BCUT2D eigenvalue weighted by atomic mass is 32.2. The molecule has 2 aromatic heterocycles. The van der Waals surface area contributed by atoms with Crippen molar-refractivity contribution in [3.8, 4) is 0 Å². The van der Waals surface area contributed by atoms with Crippen LogP contribution >= 0.6 is 11.8 Å². The SMILES string of the molecule is Nc1cccc(Sc2ccc(C(F)(F)F)cn2)n1. The van der Waals surface area contributed by atoms with Crippen LogP contribution in [0.5, 0.6) is 0 Å².